The number of nitrogens with one attached hydrogen (secondary N) is 1. The number of benzene rings is 1. The fraction of sp³-hybridized carbons (Fsp3) is 0.389. The summed E-state index contributed by atoms with van der Waals surface area (Å²) in [6, 6.07) is 6.91. The number of aryl methyl sites for hydroxylation is 1. The molecular weight excluding hydrogens is 340 g/mol. The van der Waals surface area contributed by atoms with Gasteiger partial charge < -0.3 is 14.8 Å². The third-order valence-corrected chi connectivity index (χ3v) is 4.44. The third-order valence-electron chi connectivity index (χ3n) is 3.34. The predicted octanol–water partition coefficient (Wildman–Crippen LogP) is 3.57. The van der Waals surface area contributed by atoms with Gasteiger partial charge in [-0.3, -0.25) is 4.79 Å². The molecule has 0 radical (unpaired) electrons. The maximum Gasteiger partial charge on any atom is 0.350 e. The monoisotopic (exact) mass is 362 g/mol. The number of esters is 1. The van der Waals surface area contributed by atoms with Crippen LogP contribution in [0, 0.1) is 12.8 Å². The number of hydrogen-bond acceptors (Lipinski definition) is 7. The molecule has 2 rings (SSSR count). The predicted molar refractivity (Wildman–Crippen MR) is 97.8 cm³/mol. The summed E-state index contributed by atoms with van der Waals surface area (Å²) in [6.07, 6.45) is 0. The van der Waals surface area contributed by atoms with Crippen molar-refractivity contribution in [1.29, 1.82) is 0 Å². The van der Waals surface area contributed by atoms with Crippen molar-refractivity contribution in [3.63, 3.8) is 0 Å². The van der Waals surface area contributed by atoms with E-state index in [1.807, 2.05) is 13.8 Å². The van der Waals surface area contributed by atoms with E-state index in [0.717, 1.165) is 0 Å². The minimum absolute atomic E-state index is 0.0700. The molecule has 7 heteroatoms. The minimum Gasteiger partial charge on any atom is -0.497 e. The summed E-state index contributed by atoms with van der Waals surface area (Å²) in [5.41, 5.74) is 1.18. The molecule has 1 N–H and O–H groups in total. The van der Waals surface area contributed by atoms with Gasteiger partial charge in [-0.1, -0.05) is 25.2 Å². The number of rotatable bonds is 8. The number of carbonyl (C=O) groups excluding carboxylic acids is 2. The zero-order valence-electron chi connectivity index (χ0n) is 14.8. The SMILES string of the molecule is COc1ccc(C(=O)CNc2nc(C)c(C(=O)OCC(C)C)s2)cc1. The van der Waals surface area contributed by atoms with Gasteiger partial charge in [0.05, 0.1) is 26.0 Å². The number of ketones is 1. The van der Waals surface area contributed by atoms with Gasteiger partial charge in [0.2, 0.25) is 0 Å². The summed E-state index contributed by atoms with van der Waals surface area (Å²) in [5, 5.41) is 3.50. The van der Waals surface area contributed by atoms with Crippen LogP contribution in [0.25, 0.3) is 0 Å². The Morgan fingerprint density at radius 2 is 1.92 bits per heavy atom. The molecular formula is C18H22N2O4S. The number of ether oxygens (including phenoxy) is 2. The number of nitrogens with zero attached hydrogens (tertiary/aromatic N) is 1. The standard InChI is InChI=1S/C18H22N2O4S/c1-11(2)10-24-17(22)16-12(3)20-18(25-16)19-9-15(21)13-5-7-14(23-4)8-6-13/h5-8,11H,9-10H2,1-4H3,(H,19,20). The van der Waals surface area contributed by atoms with Crippen molar-refractivity contribution in [2.45, 2.75) is 20.8 Å². The average Bonchev–Trinajstić information content (AvgIpc) is 2.98. The van der Waals surface area contributed by atoms with Crippen LogP contribution in [0.5, 0.6) is 5.75 Å². The van der Waals surface area contributed by atoms with E-state index < -0.39 is 0 Å². The molecule has 0 saturated heterocycles. The second-order valence-electron chi connectivity index (χ2n) is 5.93. The highest BCUT2D eigenvalue weighted by Crippen LogP contribution is 2.23. The lowest BCUT2D eigenvalue weighted by Gasteiger charge is -2.05. The van der Waals surface area contributed by atoms with Gasteiger partial charge in [-0.25, -0.2) is 9.78 Å². The molecule has 0 spiro atoms. The Hall–Kier alpha value is -2.41. The van der Waals surface area contributed by atoms with Gasteiger partial charge in [0.15, 0.2) is 10.9 Å². The van der Waals surface area contributed by atoms with Gasteiger partial charge in [0.1, 0.15) is 10.6 Å². The average molecular weight is 362 g/mol. The number of hydrogen-bond donors (Lipinski definition) is 1. The first kappa shape index (κ1) is 18.9. The maximum atomic E-state index is 12.2. The zero-order valence-corrected chi connectivity index (χ0v) is 15.6. The van der Waals surface area contributed by atoms with Gasteiger partial charge >= 0.3 is 5.97 Å². The molecule has 0 fully saturated rings. The smallest absolute Gasteiger partial charge is 0.350 e. The Kier molecular flexibility index (Phi) is 6.52. The van der Waals surface area contributed by atoms with Crippen molar-refractivity contribution in [3.05, 3.63) is 40.4 Å². The van der Waals surface area contributed by atoms with Gasteiger partial charge in [-0.2, -0.15) is 0 Å². The lowest BCUT2D eigenvalue weighted by Crippen LogP contribution is -2.13. The van der Waals surface area contributed by atoms with Gasteiger partial charge in [-0.05, 0) is 37.1 Å². The zero-order chi connectivity index (χ0) is 18.4. The normalized spacial score (nSPS) is 10.6. The summed E-state index contributed by atoms with van der Waals surface area (Å²) >= 11 is 1.19. The Morgan fingerprint density at radius 1 is 1.24 bits per heavy atom. The maximum absolute atomic E-state index is 12.2. The molecule has 0 aliphatic carbocycles. The molecule has 1 aromatic carbocycles. The molecule has 134 valence electrons. The van der Waals surface area contributed by atoms with E-state index in [9.17, 15) is 9.59 Å². The van der Waals surface area contributed by atoms with E-state index in [1.165, 1.54) is 11.3 Å². The minimum atomic E-state index is -0.377. The lowest BCUT2D eigenvalue weighted by atomic mass is 10.1. The Balaban J connectivity index is 1.95. The molecule has 0 bridgehead atoms. The molecule has 1 aromatic heterocycles. The molecule has 25 heavy (non-hydrogen) atoms. The van der Waals surface area contributed by atoms with Crippen molar-refractivity contribution in [2.24, 2.45) is 5.92 Å². The Labute approximate surface area is 151 Å². The van der Waals surface area contributed by atoms with E-state index in [-0.39, 0.29) is 24.2 Å². The van der Waals surface area contributed by atoms with Crippen molar-refractivity contribution < 1.29 is 19.1 Å². The number of carbonyl (C=O) groups is 2. The summed E-state index contributed by atoms with van der Waals surface area (Å²) in [7, 11) is 1.58. The molecule has 0 amide bonds. The van der Waals surface area contributed by atoms with Gasteiger partial charge in [-0.15, -0.1) is 0 Å². The molecule has 0 saturated carbocycles. The highest BCUT2D eigenvalue weighted by molar-refractivity contribution is 7.17. The van der Waals surface area contributed by atoms with E-state index in [1.54, 1.807) is 38.3 Å². The Bertz CT molecular complexity index is 738. The first-order chi connectivity index (χ1) is 11.9. The van der Waals surface area contributed by atoms with E-state index in [0.29, 0.717) is 33.6 Å². The van der Waals surface area contributed by atoms with Gasteiger partial charge in [0, 0.05) is 5.56 Å². The van der Waals surface area contributed by atoms with Crippen LogP contribution in [0.2, 0.25) is 0 Å². The first-order valence-electron chi connectivity index (χ1n) is 7.96. The van der Waals surface area contributed by atoms with Crippen molar-refractivity contribution in [2.75, 3.05) is 25.6 Å². The molecule has 1 heterocycles. The number of aromatic nitrogens is 1. The summed E-state index contributed by atoms with van der Waals surface area (Å²) in [6.45, 7) is 6.17. The van der Waals surface area contributed by atoms with E-state index in [2.05, 4.69) is 10.3 Å². The van der Waals surface area contributed by atoms with Crippen molar-refractivity contribution >= 4 is 28.2 Å². The quantitative estimate of drug-likeness (QED) is 0.571. The molecule has 0 atom stereocenters. The Morgan fingerprint density at radius 3 is 2.52 bits per heavy atom. The number of methoxy groups -OCH3 is 1. The second-order valence-corrected chi connectivity index (χ2v) is 6.93. The van der Waals surface area contributed by atoms with Crippen LogP contribution < -0.4 is 10.1 Å². The number of anilines is 1. The van der Waals surface area contributed by atoms with Crippen molar-refractivity contribution in [1.82, 2.24) is 4.98 Å². The third kappa shape index (κ3) is 5.29. The number of Topliss-reactive ketones (excluding diaryl/α,β-unsaturated/α-hetero) is 1. The van der Waals surface area contributed by atoms with Crippen LogP contribution in [0.3, 0.4) is 0 Å². The van der Waals surface area contributed by atoms with Crippen LogP contribution in [-0.4, -0.2) is 37.0 Å². The highest BCUT2D eigenvalue weighted by Gasteiger charge is 2.17. The van der Waals surface area contributed by atoms with E-state index in [4.69, 9.17) is 9.47 Å². The number of thiazole rings is 1. The van der Waals surface area contributed by atoms with Crippen LogP contribution in [0.15, 0.2) is 24.3 Å². The highest BCUT2D eigenvalue weighted by atomic mass is 32.1. The largest absolute Gasteiger partial charge is 0.497 e. The van der Waals surface area contributed by atoms with E-state index >= 15 is 0 Å². The first-order valence-corrected chi connectivity index (χ1v) is 8.78. The molecule has 2 aromatic rings. The van der Waals surface area contributed by atoms with Crippen LogP contribution >= 0.6 is 11.3 Å². The topological polar surface area (TPSA) is 77.5 Å². The van der Waals surface area contributed by atoms with Crippen LogP contribution in [-0.2, 0) is 4.74 Å². The lowest BCUT2D eigenvalue weighted by molar-refractivity contribution is 0.0463. The van der Waals surface area contributed by atoms with Gasteiger partial charge in [0.25, 0.3) is 0 Å². The fourth-order valence-corrected chi connectivity index (χ4v) is 2.86. The molecule has 6 nitrogen and oxygen atoms in total. The summed E-state index contributed by atoms with van der Waals surface area (Å²) in [5.74, 6) is 0.527. The fourth-order valence-electron chi connectivity index (χ4n) is 2.00. The van der Waals surface area contributed by atoms with Crippen molar-refractivity contribution in [3.8, 4) is 5.75 Å². The summed E-state index contributed by atoms with van der Waals surface area (Å²) in [4.78, 5) is 29.0. The summed E-state index contributed by atoms with van der Waals surface area (Å²) < 4.78 is 10.3. The van der Waals surface area contributed by atoms with Crippen LogP contribution in [0.1, 0.15) is 39.6 Å². The molecule has 0 aliphatic heterocycles. The molecule has 0 aliphatic rings. The van der Waals surface area contributed by atoms with Crippen LogP contribution in [0.4, 0.5) is 5.13 Å². The second kappa shape index (κ2) is 8.62. The molecule has 0 unspecified atom stereocenters.